The quantitative estimate of drug-likeness (QED) is 0.374. The number of unbranched alkanes of at least 4 members (excludes halogenated alkanes) is 6. The van der Waals surface area contributed by atoms with Crippen molar-refractivity contribution in [1.29, 1.82) is 0 Å². The van der Waals surface area contributed by atoms with Gasteiger partial charge in [-0.1, -0.05) is 52.4 Å². The summed E-state index contributed by atoms with van der Waals surface area (Å²) in [6.45, 7) is 10.2. The monoisotopic (exact) mass is 273 g/mol. The maximum Gasteiger partial charge on any atom is 0.107 e. The lowest BCUT2D eigenvalue weighted by molar-refractivity contribution is -0.0321. The molecule has 3 nitrogen and oxygen atoms in total. The van der Waals surface area contributed by atoms with Crippen molar-refractivity contribution in [1.82, 2.24) is 5.32 Å². The molecule has 0 rings (SSSR count). The smallest absolute Gasteiger partial charge is 0.107 e. The van der Waals surface area contributed by atoms with Gasteiger partial charge in [-0.3, -0.25) is 5.32 Å². The van der Waals surface area contributed by atoms with Gasteiger partial charge in [0.25, 0.3) is 0 Å². The maximum absolute atomic E-state index is 5.71. The summed E-state index contributed by atoms with van der Waals surface area (Å²) < 4.78 is 11.4. The molecule has 19 heavy (non-hydrogen) atoms. The van der Waals surface area contributed by atoms with Crippen LogP contribution in [0.25, 0.3) is 0 Å². The van der Waals surface area contributed by atoms with Crippen molar-refractivity contribution in [2.75, 3.05) is 13.2 Å². The predicted molar refractivity (Wildman–Crippen MR) is 82.2 cm³/mol. The first-order valence-corrected chi connectivity index (χ1v) is 8.20. The fourth-order valence-corrected chi connectivity index (χ4v) is 2.00. The normalized spacial score (nSPS) is 14.5. The van der Waals surface area contributed by atoms with Crippen LogP contribution in [0.5, 0.6) is 0 Å². The van der Waals surface area contributed by atoms with Crippen LogP contribution in [-0.4, -0.2) is 25.7 Å². The SMILES string of the molecule is CCCCCCOC(C)NC(C)OCCCCCC. The summed E-state index contributed by atoms with van der Waals surface area (Å²) in [6, 6.07) is 0. The van der Waals surface area contributed by atoms with E-state index >= 15 is 0 Å². The Morgan fingerprint density at radius 1 is 0.684 bits per heavy atom. The molecule has 0 aromatic carbocycles. The summed E-state index contributed by atoms with van der Waals surface area (Å²) in [6.07, 6.45) is 10.2. The van der Waals surface area contributed by atoms with Crippen LogP contribution in [0.4, 0.5) is 0 Å². The van der Waals surface area contributed by atoms with Gasteiger partial charge in [0.05, 0.1) is 0 Å². The number of hydrogen-bond donors (Lipinski definition) is 1. The predicted octanol–water partition coefficient (Wildman–Crippen LogP) is 4.46. The van der Waals surface area contributed by atoms with E-state index < -0.39 is 0 Å². The van der Waals surface area contributed by atoms with Gasteiger partial charge in [-0.25, -0.2) is 0 Å². The number of ether oxygens (including phenoxy) is 2. The first-order chi connectivity index (χ1) is 9.20. The molecule has 0 aromatic rings. The average Bonchev–Trinajstić information content (AvgIpc) is 2.38. The zero-order chi connectivity index (χ0) is 14.3. The minimum Gasteiger partial charge on any atom is -0.364 e. The summed E-state index contributed by atoms with van der Waals surface area (Å²) >= 11 is 0. The third-order valence-corrected chi connectivity index (χ3v) is 3.20. The Hall–Kier alpha value is -0.120. The van der Waals surface area contributed by atoms with E-state index in [2.05, 4.69) is 33.0 Å². The second kappa shape index (κ2) is 14.3. The number of nitrogens with one attached hydrogen (secondary N) is 1. The van der Waals surface area contributed by atoms with Crippen LogP contribution in [-0.2, 0) is 9.47 Å². The van der Waals surface area contributed by atoms with Crippen molar-refractivity contribution < 1.29 is 9.47 Å². The second-order valence-electron chi connectivity index (χ2n) is 5.31. The standard InChI is InChI=1S/C16H35NO2/c1-5-7-9-11-13-18-15(3)17-16(4)19-14-12-10-8-6-2/h15-17H,5-14H2,1-4H3. The molecule has 0 spiro atoms. The van der Waals surface area contributed by atoms with E-state index in [0.29, 0.717) is 0 Å². The van der Waals surface area contributed by atoms with Gasteiger partial charge >= 0.3 is 0 Å². The van der Waals surface area contributed by atoms with Gasteiger partial charge in [0.15, 0.2) is 0 Å². The van der Waals surface area contributed by atoms with Crippen LogP contribution in [0.1, 0.15) is 79.1 Å². The van der Waals surface area contributed by atoms with Gasteiger partial charge in [0.1, 0.15) is 12.5 Å². The Morgan fingerprint density at radius 3 is 1.47 bits per heavy atom. The molecule has 0 bridgehead atoms. The molecule has 0 aliphatic rings. The van der Waals surface area contributed by atoms with E-state index in [4.69, 9.17) is 9.47 Å². The Balaban J connectivity index is 3.34. The number of hydrogen-bond acceptors (Lipinski definition) is 3. The minimum atomic E-state index is 0.0762. The zero-order valence-electron chi connectivity index (χ0n) is 13.5. The lowest BCUT2D eigenvalue weighted by Gasteiger charge is -2.20. The van der Waals surface area contributed by atoms with Gasteiger partial charge in [-0.05, 0) is 26.7 Å². The molecule has 0 fully saturated rings. The summed E-state index contributed by atoms with van der Waals surface area (Å²) in [5.74, 6) is 0. The Labute approximate surface area is 120 Å². The highest BCUT2D eigenvalue weighted by Crippen LogP contribution is 2.02. The molecule has 0 aliphatic heterocycles. The first-order valence-electron chi connectivity index (χ1n) is 8.20. The van der Waals surface area contributed by atoms with Crippen LogP contribution in [0.3, 0.4) is 0 Å². The van der Waals surface area contributed by atoms with Crippen LogP contribution in [0.15, 0.2) is 0 Å². The highest BCUT2D eigenvalue weighted by atomic mass is 16.5. The van der Waals surface area contributed by atoms with Crippen molar-refractivity contribution in [3.8, 4) is 0 Å². The largest absolute Gasteiger partial charge is 0.364 e. The molecule has 0 amide bonds. The van der Waals surface area contributed by atoms with Crippen molar-refractivity contribution >= 4 is 0 Å². The molecule has 116 valence electrons. The molecular weight excluding hydrogens is 238 g/mol. The molecule has 0 radical (unpaired) electrons. The molecule has 1 N–H and O–H groups in total. The summed E-state index contributed by atoms with van der Waals surface area (Å²) in [5, 5.41) is 3.32. The van der Waals surface area contributed by atoms with Crippen LogP contribution in [0.2, 0.25) is 0 Å². The van der Waals surface area contributed by atoms with Gasteiger partial charge in [-0.15, -0.1) is 0 Å². The lowest BCUT2D eigenvalue weighted by Crippen LogP contribution is -2.38. The topological polar surface area (TPSA) is 30.5 Å². The molecule has 0 saturated carbocycles. The zero-order valence-corrected chi connectivity index (χ0v) is 13.5. The fourth-order valence-electron chi connectivity index (χ4n) is 2.00. The van der Waals surface area contributed by atoms with Crippen molar-refractivity contribution in [3.63, 3.8) is 0 Å². The van der Waals surface area contributed by atoms with E-state index in [1.807, 2.05) is 0 Å². The molecular formula is C16H35NO2. The molecule has 2 unspecified atom stereocenters. The van der Waals surface area contributed by atoms with E-state index in [0.717, 1.165) is 26.1 Å². The molecule has 0 saturated heterocycles. The van der Waals surface area contributed by atoms with Crippen molar-refractivity contribution in [2.24, 2.45) is 0 Å². The fraction of sp³-hybridized carbons (Fsp3) is 1.00. The van der Waals surface area contributed by atoms with Crippen LogP contribution in [0, 0.1) is 0 Å². The summed E-state index contributed by atoms with van der Waals surface area (Å²) in [4.78, 5) is 0. The Bertz CT molecular complexity index is 158. The van der Waals surface area contributed by atoms with Crippen molar-refractivity contribution in [2.45, 2.75) is 91.5 Å². The third kappa shape index (κ3) is 14.1. The van der Waals surface area contributed by atoms with E-state index in [1.165, 1.54) is 38.5 Å². The minimum absolute atomic E-state index is 0.0762. The molecule has 0 heterocycles. The van der Waals surface area contributed by atoms with Gasteiger partial charge in [-0.2, -0.15) is 0 Å². The molecule has 3 heteroatoms. The van der Waals surface area contributed by atoms with E-state index in [1.54, 1.807) is 0 Å². The highest BCUT2D eigenvalue weighted by molar-refractivity contribution is 4.52. The summed E-state index contributed by atoms with van der Waals surface area (Å²) in [5.41, 5.74) is 0. The average molecular weight is 273 g/mol. The van der Waals surface area contributed by atoms with Crippen LogP contribution >= 0.6 is 0 Å². The van der Waals surface area contributed by atoms with E-state index in [-0.39, 0.29) is 12.5 Å². The Morgan fingerprint density at radius 2 is 1.11 bits per heavy atom. The molecule has 0 aromatic heterocycles. The first kappa shape index (κ1) is 18.9. The van der Waals surface area contributed by atoms with E-state index in [9.17, 15) is 0 Å². The second-order valence-corrected chi connectivity index (χ2v) is 5.31. The number of rotatable bonds is 14. The van der Waals surface area contributed by atoms with Gasteiger partial charge < -0.3 is 9.47 Å². The van der Waals surface area contributed by atoms with Crippen LogP contribution < -0.4 is 5.32 Å². The lowest BCUT2D eigenvalue weighted by atomic mass is 10.2. The van der Waals surface area contributed by atoms with Crippen molar-refractivity contribution in [3.05, 3.63) is 0 Å². The van der Waals surface area contributed by atoms with Gasteiger partial charge in [0.2, 0.25) is 0 Å². The molecule has 2 atom stereocenters. The van der Waals surface area contributed by atoms with Gasteiger partial charge in [0, 0.05) is 13.2 Å². The summed E-state index contributed by atoms with van der Waals surface area (Å²) in [7, 11) is 0. The molecule has 0 aliphatic carbocycles. The Kier molecular flexibility index (Phi) is 14.2. The third-order valence-electron chi connectivity index (χ3n) is 3.20. The maximum atomic E-state index is 5.71. The highest BCUT2D eigenvalue weighted by Gasteiger charge is 2.07.